The highest BCUT2D eigenvalue weighted by Gasteiger charge is 2.17. The number of methoxy groups -OCH3 is 1. The summed E-state index contributed by atoms with van der Waals surface area (Å²) < 4.78 is 4.88. The van der Waals surface area contributed by atoms with Gasteiger partial charge in [-0.05, 0) is 31.2 Å². The van der Waals surface area contributed by atoms with E-state index in [2.05, 4.69) is 11.4 Å². The monoisotopic (exact) mass is 261 g/mol. The zero-order valence-electron chi connectivity index (χ0n) is 11.5. The summed E-state index contributed by atoms with van der Waals surface area (Å²) in [4.78, 5) is 13.8. The maximum Gasteiger partial charge on any atom is 0.242 e. The number of carbonyl (C=O) groups is 1. The number of rotatable bonds is 6. The van der Waals surface area contributed by atoms with Gasteiger partial charge in [0, 0.05) is 26.4 Å². The minimum Gasteiger partial charge on any atom is -0.383 e. The number of amides is 1. The quantitative estimate of drug-likeness (QED) is 0.780. The van der Waals surface area contributed by atoms with Crippen LogP contribution in [0.25, 0.3) is 0 Å². The second-order valence-electron chi connectivity index (χ2n) is 4.23. The third kappa shape index (κ3) is 4.27. The minimum atomic E-state index is -0.287. The zero-order chi connectivity index (χ0) is 14.3. The van der Waals surface area contributed by atoms with Gasteiger partial charge in [0.25, 0.3) is 0 Å². The van der Waals surface area contributed by atoms with E-state index in [1.54, 1.807) is 19.2 Å². The van der Waals surface area contributed by atoms with Gasteiger partial charge in [0.15, 0.2) is 0 Å². The Hall–Kier alpha value is -2.06. The summed E-state index contributed by atoms with van der Waals surface area (Å²) in [5.41, 5.74) is 1.50. The van der Waals surface area contributed by atoms with Crippen LogP contribution in [0.15, 0.2) is 24.3 Å². The highest BCUT2D eigenvalue weighted by Crippen LogP contribution is 2.15. The van der Waals surface area contributed by atoms with E-state index in [9.17, 15) is 4.79 Å². The van der Waals surface area contributed by atoms with Crippen molar-refractivity contribution in [2.24, 2.45) is 0 Å². The summed E-state index contributed by atoms with van der Waals surface area (Å²) in [6.45, 7) is 2.83. The van der Waals surface area contributed by atoms with Gasteiger partial charge in [-0.3, -0.25) is 4.79 Å². The molecule has 0 fully saturated rings. The molecule has 0 saturated heterocycles. The lowest BCUT2D eigenvalue weighted by atomic mass is 10.2. The molecular weight excluding hydrogens is 242 g/mol. The van der Waals surface area contributed by atoms with E-state index < -0.39 is 0 Å². The summed E-state index contributed by atoms with van der Waals surface area (Å²) in [5.74, 6) is -0.0519. The number of anilines is 1. The number of benzene rings is 1. The van der Waals surface area contributed by atoms with Crippen LogP contribution in [0.5, 0.6) is 0 Å². The first kappa shape index (κ1) is 15.0. The molecule has 5 nitrogen and oxygen atoms in total. The smallest absolute Gasteiger partial charge is 0.242 e. The lowest BCUT2D eigenvalue weighted by Crippen LogP contribution is -2.44. The summed E-state index contributed by atoms with van der Waals surface area (Å²) in [7, 11) is 3.44. The Morgan fingerprint density at radius 1 is 1.47 bits per heavy atom. The molecule has 102 valence electrons. The largest absolute Gasteiger partial charge is 0.383 e. The standard InChI is InChI=1S/C14H19N3O2/c1-11(14(18)16-8-9-19-3)17(2)13-6-4-12(10-15)5-7-13/h4-7,11H,8-9H2,1-3H3,(H,16,18). The number of ether oxygens (including phenoxy) is 1. The first-order valence-corrected chi connectivity index (χ1v) is 6.09. The lowest BCUT2D eigenvalue weighted by molar-refractivity contribution is -0.122. The van der Waals surface area contributed by atoms with Crippen LogP contribution in [0.3, 0.4) is 0 Å². The van der Waals surface area contributed by atoms with Crippen molar-refractivity contribution in [3.8, 4) is 6.07 Å². The average molecular weight is 261 g/mol. The number of likely N-dealkylation sites (N-methyl/N-ethyl adjacent to an activating group) is 1. The second kappa shape index (κ2) is 7.39. The van der Waals surface area contributed by atoms with Gasteiger partial charge in [-0.15, -0.1) is 0 Å². The van der Waals surface area contributed by atoms with E-state index in [0.717, 1.165) is 5.69 Å². The fraction of sp³-hybridized carbons (Fsp3) is 0.429. The molecule has 1 N–H and O–H groups in total. The van der Waals surface area contributed by atoms with E-state index in [4.69, 9.17) is 10.00 Å². The number of nitrogens with one attached hydrogen (secondary N) is 1. The number of nitriles is 1. The molecule has 5 heteroatoms. The van der Waals surface area contributed by atoms with Crippen LogP contribution in [-0.4, -0.2) is 39.3 Å². The Morgan fingerprint density at radius 3 is 2.63 bits per heavy atom. The van der Waals surface area contributed by atoms with Crippen LogP contribution in [0.2, 0.25) is 0 Å². The van der Waals surface area contributed by atoms with Gasteiger partial charge in [-0.25, -0.2) is 0 Å². The molecule has 0 aliphatic rings. The summed E-state index contributed by atoms with van der Waals surface area (Å²) >= 11 is 0. The van der Waals surface area contributed by atoms with Gasteiger partial charge in [0.1, 0.15) is 6.04 Å². The van der Waals surface area contributed by atoms with E-state index in [1.165, 1.54) is 0 Å². The van der Waals surface area contributed by atoms with Crippen molar-refractivity contribution in [1.82, 2.24) is 5.32 Å². The van der Waals surface area contributed by atoms with Gasteiger partial charge in [-0.2, -0.15) is 5.26 Å². The normalized spacial score (nSPS) is 11.5. The van der Waals surface area contributed by atoms with Crippen molar-refractivity contribution >= 4 is 11.6 Å². The topological polar surface area (TPSA) is 65.4 Å². The molecule has 1 atom stereocenters. The third-order valence-corrected chi connectivity index (χ3v) is 2.97. The third-order valence-electron chi connectivity index (χ3n) is 2.97. The molecule has 0 saturated carbocycles. The molecule has 0 aliphatic carbocycles. The second-order valence-corrected chi connectivity index (χ2v) is 4.23. The Kier molecular flexibility index (Phi) is 5.83. The molecule has 1 rings (SSSR count). The van der Waals surface area contributed by atoms with Crippen molar-refractivity contribution in [2.75, 3.05) is 32.2 Å². The molecule has 0 heterocycles. The van der Waals surface area contributed by atoms with Gasteiger partial charge >= 0.3 is 0 Å². The highest BCUT2D eigenvalue weighted by atomic mass is 16.5. The maximum atomic E-state index is 11.9. The van der Waals surface area contributed by atoms with Gasteiger partial charge in [0.05, 0.1) is 18.2 Å². The van der Waals surface area contributed by atoms with Crippen molar-refractivity contribution in [2.45, 2.75) is 13.0 Å². The lowest BCUT2D eigenvalue weighted by Gasteiger charge is -2.26. The van der Waals surface area contributed by atoms with Gasteiger partial charge in [0.2, 0.25) is 5.91 Å². The fourth-order valence-corrected chi connectivity index (χ4v) is 1.59. The maximum absolute atomic E-state index is 11.9. The molecule has 0 spiro atoms. The summed E-state index contributed by atoms with van der Waals surface area (Å²) in [6, 6.07) is 8.92. The van der Waals surface area contributed by atoms with Crippen LogP contribution < -0.4 is 10.2 Å². The molecule has 1 aromatic carbocycles. The zero-order valence-corrected chi connectivity index (χ0v) is 11.5. The van der Waals surface area contributed by atoms with Gasteiger partial charge in [-0.1, -0.05) is 0 Å². The Labute approximate surface area is 113 Å². The Balaban J connectivity index is 2.62. The average Bonchev–Trinajstić information content (AvgIpc) is 2.46. The van der Waals surface area contributed by atoms with Crippen LogP contribution in [0.4, 0.5) is 5.69 Å². The van der Waals surface area contributed by atoms with E-state index in [-0.39, 0.29) is 11.9 Å². The molecule has 1 unspecified atom stereocenters. The van der Waals surface area contributed by atoms with E-state index >= 15 is 0 Å². The van der Waals surface area contributed by atoms with Crippen molar-refractivity contribution < 1.29 is 9.53 Å². The molecule has 1 aromatic rings. The van der Waals surface area contributed by atoms with Gasteiger partial charge < -0.3 is 15.0 Å². The van der Waals surface area contributed by atoms with Crippen LogP contribution in [0.1, 0.15) is 12.5 Å². The number of hydrogen-bond donors (Lipinski definition) is 1. The SMILES string of the molecule is COCCNC(=O)C(C)N(C)c1ccc(C#N)cc1. The predicted octanol–water partition coefficient (Wildman–Crippen LogP) is 1.15. The minimum absolute atomic E-state index is 0.0519. The Morgan fingerprint density at radius 2 is 2.11 bits per heavy atom. The molecule has 1 amide bonds. The molecule has 19 heavy (non-hydrogen) atoms. The molecule has 0 radical (unpaired) electrons. The molecule has 0 bridgehead atoms. The molecular formula is C14H19N3O2. The summed E-state index contributed by atoms with van der Waals surface area (Å²) in [6.07, 6.45) is 0. The summed E-state index contributed by atoms with van der Waals surface area (Å²) in [5, 5.41) is 11.5. The van der Waals surface area contributed by atoms with Crippen molar-refractivity contribution in [3.63, 3.8) is 0 Å². The Bertz CT molecular complexity index is 451. The number of carbonyl (C=O) groups excluding carboxylic acids is 1. The first-order valence-electron chi connectivity index (χ1n) is 6.09. The molecule has 0 aliphatic heterocycles. The molecule has 0 aromatic heterocycles. The number of nitrogens with zero attached hydrogens (tertiary/aromatic N) is 2. The predicted molar refractivity (Wildman–Crippen MR) is 73.9 cm³/mol. The number of hydrogen-bond acceptors (Lipinski definition) is 4. The van der Waals surface area contributed by atoms with E-state index in [1.807, 2.05) is 31.0 Å². The fourth-order valence-electron chi connectivity index (χ4n) is 1.59. The van der Waals surface area contributed by atoms with Crippen LogP contribution in [-0.2, 0) is 9.53 Å². The van der Waals surface area contributed by atoms with Crippen LogP contribution >= 0.6 is 0 Å². The first-order chi connectivity index (χ1) is 9.10. The van der Waals surface area contributed by atoms with Crippen LogP contribution in [0, 0.1) is 11.3 Å². The highest BCUT2D eigenvalue weighted by molar-refractivity contribution is 5.84. The van der Waals surface area contributed by atoms with Crippen molar-refractivity contribution in [3.05, 3.63) is 29.8 Å². The van der Waals surface area contributed by atoms with E-state index in [0.29, 0.717) is 18.7 Å². The van der Waals surface area contributed by atoms with Crippen molar-refractivity contribution in [1.29, 1.82) is 5.26 Å².